The van der Waals surface area contributed by atoms with Crippen molar-refractivity contribution in [3.8, 4) is 16.9 Å². The summed E-state index contributed by atoms with van der Waals surface area (Å²) in [6.07, 6.45) is 0. The first-order valence-electron chi connectivity index (χ1n) is 10.5. The fraction of sp³-hybridized carbons (Fsp3) is 0.0345. The van der Waals surface area contributed by atoms with Gasteiger partial charge in [0.2, 0.25) is 0 Å². The third-order valence-electron chi connectivity index (χ3n) is 5.53. The highest BCUT2D eigenvalue weighted by Gasteiger charge is 2.19. The smallest absolute Gasteiger partial charge is 0.150 e. The highest BCUT2D eigenvalue weighted by Crippen LogP contribution is 2.43. The number of hydrogen-bond acceptors (Lipinski definition) is 1. The lowest BCUT2D eigenvalue weighted by molar-refractivity contribution is 0.637. The first kappa shape index (κ1) is 19.5. The monoisotopic (exact) mass is 418 g/mol. The van der Waals surface area contributed by atoms with Gasteiger partial charge in [-0.1, -0.05) is 115 Å². The van der Waals surface area contributed by atoms with E-state index in [1.165, 1.54) is 32.7 Å². The van der Waals surface area contributed by atoms with Gasteiger partial charge >= 0.3 is 0 Å². The van der Waals surface area contributed by atoms with Gasteiger partial charge in [-0.2, -0.15) is 0 Å². The Kier molecular flexibility index (Phi) is 5.52. The maximum absolute atomic E-state index is 6.88. The normalized spacial score (nSPS) is 11.0. The maximum atomic E-state index is 6.88. The van der Waals surface area contributed by atoms with E-state index >= 15 is 0 Å². The van der Waals surface area contributed by atoms with E-state index in [4.69, 9.17) is 4.52 Å². The SMILES string of the molecule is Cc1c(-c2ccccc2)cc(OP(c2ccccc2)c2ccccc2)c2ccccc12. The first-order valence-corrected chi connectivity index (χ1v) is 11.7. The summed E-state index contributed by atoms with van der Waals surface area (Å²) in [4.78, 5) is 0. The molecule has 0 fully saturated rings. The molecule has 0 radical (unpaired) electrons. The van der Waals surface area contributed by atoms with Crippen molar-refractivity contribution in [2.45, 2.75) is 6.92 Å². The van der Waals surface area contributed by atoms with Gasteiger partial charge in [0, 0.05) is 16.0 Å². The molecule has 0 bridgehead atoms. The zero-order valence-electron chi connectivity index (χ0n) is 17.4. The molecule has 5 aromatic rings. The lowest BCUT2D eigenvalue weighted by Crippen LogP contribution is -2.15. The van der Waals surface area contributed by atoms with Crippen molar-refractivity contribution in [1.82, 2.24) is 0 Å². The van der Waals surface area contributed by atoms with E-state index in [1.54, 1.807) is 0 Å². The summed E-state index contributed by atoms with van der Waals surface area (Å²) in [5, 5.41) is 4.79. The van der Waals surface area contributed by atoms with Crippen molar-refractivity contribution < 1.29 is 4.52 Å². The molecule has 0 heterocycles. The van der Waals surface area contributed by atoms with E-state index in [0.29, 0.717) is 0 Å². The van der Waals surface area contributed by atoms with Crippen molar-refractivity contribution in [2.24, 2.45) is 0 Å². The Labute approximate surface area is 184 Å². The molecule has 5 rings (SSSR count). The van der Waals surface area contributed by atoms with Gasteiger partial charge in [-0.05, 0) is 35.1 Å². The molecule has 0 aliphatic carbocycles. The van der Waals surface area contributed by atoms with Gasteiger partial charge < -0.3 is 4.52 Å². The van der Waals surface area contributed by atoms with Gasteiger partial charge in [0.05, 0.1) is 0 Å². The van der Waals surface area contributed by atoms with Crippen molar-refractivity contribution in [3.05, 3.63) is 127 Å². The zero-order chi connectivity index (χ0) is 21.0. The molecule has 0 spiro atoms. The number of aryl methyl sites for hydroxylation is 1. The quantitative estimate of drug-likeness (QED) is 0.273. The van der Waals surface area contributed by atoms with Gasteiger partial charge in [0.1, 0.15) is 5.75 Å². The van der Waals surface area contributed by atoms with Crippen molar-refractivity contribution >= 4 is 29.5 Å². The molecular formula is C29H23OP. The van der Waals surface area contributed by atoms with E-state index < -0.39 is 8.15 Å². The van der Waals surface area contributed by atoms with Crippen LogP contribution in [0.15, 0.2) is 121 Å². The zero-order valence-corrected chi connectivity index (χ0v) is 18.3. The van der Waals surface area contributed by atoms with E-state index in [1.807, 2.05) is 0 Å². The maximum Gasteiger partial charge on any atom is 0.150 e. The van der Waals surface area contributed by atoms with Crippen LogP contribution in [0.25, 0.3) is 21.9 Å². The average Bonchev–Trinajstić information content (AvgIpc) is 2.85. The third-order valence-corrected chi connectivity index (χ3v) is 7.45. The molecule has 0 N–H and O–H groups in total. The molecular weight excluding hydrogens is 395 g/mol. The Morgan fingerprint density at radius 2 is 1.03 bits per heavy atom. The molecule has 0 aliphatic rings. The van der Waals surface area contributed by atoms with Crippen LogP contribution < -0.4 is 15.1 Å². The molecule has 5 aromatic carbocycles. The van der Waals surface area contributed by atoms with Gasteiger partial charge in [-0.25, -0.2) is 0 Å². The summed E-state index contributed by atoms with van der Waals surface area (Å²) in [7, 11) is -0.991. The van der Waals surface area contributed by atoms with Crippen LogP contribution in [0.4, 0.5) is 0 Å². The molecule has 1 nitrogen and oxygen atoms in total. The summed E-state index contributed by atoms with van der Waals surface area (Å²) in [6.45, 7) is 2.20. The summed E-state index contributed by atoms with van der Waals surface area (Å²) < 4.78 is 6.88. The van der Waals surface area contributed by atoms with Crippen LogP contribution >= 0.6 is 8.15 Å². The van der Waals surface area contributed by atoms with Crippen molar-refractivity contribution in [1.29, 1.82) is 0 Å². The molecule has 150 valence electrons. The van der Waals surface area contributed by atoms with E-state index in [2.05, 4.69) is 128 Å². The Bertz CT molecular complexity index is 1260. The summed E-state index contributed by atoms with van der Waals surface area (Å²) in [5.41, 5.74) is 3.70. The van der Waals surface area contributed by atoms with Gasteiger partial charge in [-0.15, -0.1) is 0 Å². The minimum Gasteiger partial charge on any atom is -0.464 e. The summed E-state index contributed by atoms with van der Waals surface area (Å²) in [5.74, 6) is 0.930. The van der Waals surface area contributed by atoms with Gasteiger partial charge in [-0.3, -0.25) is 0 Å². The average molecular weight is 418 g/mol. The lowest BCUT2D eigenvalue weighted by atomic mass is 9.94. The van der Waals surface area contributed by atoms with Gasteiger partial charge in [0.25, 0.3) is 0 Å². The number of hydrogen-bond donors (Lipinski definition) is 0. The standard InChI is InChI=1S/C29H23OP/c1-22-26-19-11-12-20-27(26)29(21-28(22)23-13-5-2-6-14-23)30-31(24-15-7-3-8-16-24)25-17-9-4-10-18-25/h2-21H,1H3. The highest BCUT2D eigenvalue weighted by molar-refractivity contribution is 7.68. The molecule has 0 atom stereocenters. The Morgan fingerprint density at radius 3 is 1.61 bits per heavy atom. The number of rotatable bonds is 5. The lowest BCUT2D eigenvalue weighted by Gasteiger charge is -2.22. The molecule has 0 aromatic heterocycles. The summed E-state index contributed by atoms with van der Waals surface area (Å²) in [6, 6.07) is 42.4. The second-order valence-corrected chi connectivity index (χ2v) is 9.32. The Morgan fingerprint density at radius 1 is 0.548 bits per heavy atom. The third kappa shape index (κ3) is 3.98. The topological polar surface area (TPSA) is 9.23 Å². The molecule has 31 heavy (non-hydrogen) atoms. The fourth-order valence-electron chi connectivity index (χ4n) is 3.96. The minimum atomic E-state index is -0.991. The summed E-state index contributed by atoms with van der Waals surface area (Å²) >= 11 is 0. The van der Waals surface area contributed by atoms with E-state index in [9.17, 15) is 0 Å². The van der Waals surface area contributed by atoms with Gasteiger partial charge in [0.15, 0.2) is 8.15 Å². The van der Waals surface area contributed by atoms with Crippen molar-refractivity contribution in [2.75, 3.05) is 0 Å². The molecule has 0 aliphatic heterocycles. The highest BCUT2D eigenvalue weighted by atomic mass is 31.1. The largest absolute Gasteiger partial charge is 0.464 e. The fourth-order valence-corrected chi connectivity index (χ4v) is 5.70. The molecule has 2 heteroatoms. The predicted molar refractivity (Wildman–Crippen MR) is 134 cm³/mol. The van der Waals surface area contributed by atoms with Crippen LogP contribution in [0.5, 0.6) is 5.75 Å². The predicted octanol–water partition coefficient (Wildman–Crippen LogP) is 7.24. The second kappa shape index (κ2) is 8.76. The van der Waals surface area contributed by atoms with Crippen LogP contribution in [-0.4, -0.2) is 0 Å². The van der Waals surface area contributed by atoms with Crippen molar-refractivity contribution in [3.63, 3.8) is 0 Å². The minimum absolute atomic E-state index is 0.930. The molecule has 0 amide bonds. The van der Waals surface area contributed by atoms with Crippen LogP contribution in [-0.2, 0) is 0 Å². The van der Waals surface area contributed by atoms with Crippen LogP contribution in [0, 0.1) is 6.92 Å². The number of fused-ring (bicyclic) bond motifs is 1. The van der Waals surface area contributed by atoms with E-state index in [0.717, 1.165) is 11.1 Å². The Hall–Kier alpha value is -3.41. The number of benzene rings is 5. The molecule has 0 saturated carbocycles. The van der Waals surface area contributed by atoms with Crippen LogP contribution in [0.2, 0.25) is 0 Å². The van der Waals surface area contributed by atoms with Crippen LogP contribution in [0.1, 0.15) is 5.56 Å². The molecule has 0 saturated heterocycles. The van der Waals surface area contributed by atoms with Crippen LogP contribution in [0.3, 0.4) is 0 Å². The first-order chi connectivity index (χ1) is 15.3. The van der Waals surface area contributed by atoms with E-state index in [-0.39, 0.29) is 0 Å². The molecule has 0 unspecified atom stereocenters. The second-order valence-electron chi connectivity index (χ2n) is 7.52. The Balaban J connectivity index is 1.69.